The summed E-state index contributed by atoms with van der Waals surface area (Å²) < 4.78 is 5.20. The summed E-state index contributed by atoms with van der Waals surface area (Å²) in [5.41, 5.74) is 1.18. The van der Waals surface area contributed by atoms with Crippen molar-refractivity contribution in [2.24, 2.45) is 0 Å². The van der Waals surface area contributed by atoms with Crippen molar-refractivity contribution in [1.82, 2.24) is 5.32 Å². The number of nitrogens with one attached hydrogen (secondary N) is 1. The summed E-state index contributed by atoms with van der Waals surface area (Å²) in [6.45, 7) is 16.1. The standard InChI is InChI=1S/C11H15ClN2O.3C2H6/c1-15-11-8-9(2-3-10(11)12)14-6-4-13-5-7-14;3*1-2/h2-3,8,13H,4-7H2,1H3;3*1-2H3. The van der Waals surface area contributed by atoms with Gasteiger partial charge < -0.3 is 15.0 Å². The maximum atomic E-state index is 5.98. The lowest BCUT2D eigenvalue weighted by atomic mass is 10.2. The van der Waals surface area contributed by atoms with Crippen molar-refractivity contribution >= 4 is 17.3 Å². The fourth-order valence-electron chi connectivity index (χ4n) is 1.77. The van der Waals surface area contributed by atoms with Gasteiger partial charge in [0.25, 0.3) is 0 Å². The van der Waals surface area contributed by atoms with Gasteiger partial charge in [-0.2, -0.15) is 0 Å². The van der Waals surface area contributed by atoms with Crippen LogP contribution in [0.4, 0.5) is 5.69 Å². The zero-order valence-electron chi connectivity index (χ0n) is 14.8. The molecule has 21 heavy (non-hydrogen) atoms. The quantitative estimate of drug-likeness (QED) is 0.845. The lowest BCUT2D eigenvalue weighted by molar-refractivity contribution is 0.415. The van der Waals surface area contributed by atoms with Gasteiger partial charge in [0.05, 0.1) is 12.1 Å². The number of hydrogen-bond acceptors (Lipinski definition) is 3. The molecule has 2 rings (SSSR count). The highest BCUT2D eigenvalue weighted by Gasteiger charge is 2.11. The van der Waals surface area contributed by atoms with Gasteiger partial charge in [-0.15, -0.1) is 0 Å². The SMILES string of the molecule is CC.CC.CC.COc1cc(N2CCNCC2)ccc1Cl. The van der Waals surface area contributed by atoms with Crippen molar-refractivity contribution in [2.75, 3.05) is 38.2 Å². The second-order valence-electron chi connectivity index (χ2n) is 3.56. The second kappa shape index (κ2) is 15.5. The first-order valence-corrected chi connectivity index (χ1v) is 8.48. The molecular weight excluding hydrogens is 284 g/mol. The minimum atomic E-state index is 0.663. The molecule has 3 nitrogen and oxygen atoms in total. The van der Waals surface area contributed by atoms with E-state index >= 15 is 0 Å². The number of rotatable bonds is 2. The summed E-state index contributed by atoms with van der Waals surface area (Å²) >= 11 is 5.98. The largest absolute Gasteiger partial charge is 0.495 e. The van der Waals surface area contributed by atoms with Crippen LogP contribution < -0.4 is 15.0 Å². The van der Waals surface area contributed by atoms with Gasteiger partial charge in [0.15, 0.2) is 0 Å². The van der Waals surface area contributed by atoms with Crippen LogP contribution in [0.15, 0.2) is 18.2 Å². The van der Waals surface area contributed by atoms with Gasteiger partial charge in [-0.1, -0.05) is 53.1 Å². The van der Waals surface area contributed by atoms with E-state index in [1.165, 1.54) is 5.69 Å². The Labute approximate surface area is 136 Å². The Balaban J connectivity index is 0. The third-order valence-corrected chi connectivity index (χ3v) is 2.93. The molecule has 1 fully saturated rings. The number of hydrogen-bond donors (Lipinski definition) is 1. The molecule has 0 spiro atoms. The average molecular weight is 317 g/mol. The van der Waals surface area contributed by atoms with Crippen molar-refractivity contribution in [3.05, 3.63) is 23.2 Å². The predicted molar refractivity (Wildman–Crippen MR) is 97.1 cm³/mol. The Kier molecular flexibility index (Phi) is 16.5. The van der Waals surface area contributed by atoms with E-state index in [-0.39, 0.29) is 0 Å². The van der Waals surface area contributed by atoms with Gasteiger partial charge in [-0.3, -0.25) is 0 Å². The number of ether oxygens (including phenoxy) is 1. The van der Waals surface area contributed by atoms with Crippen molar-refractivity contribution < 1.29 is 4.74 Å². The van der Waals surface area contributed by atoms with Crippen molar-refractivity contribution in [3.63, 3.8) is 0 Å². The monoisotopic (exact) mass is 316 g/mol. The average Bonchev–Trinajstić information content (AvgIpc) is 2.61. The molecule has 1 aromatic carbocycles. The van der Waals surface area contributed by atoms with Crippen LogP contribution >= 0.6 is 11.6 Å². The predicted octanol–water partition coefficient (Wildman–Crippen LogP) is 4.84. The third kappa shape index (κ3) is 8.18. The minimum Gasteiger partial charge on any atom is -0.495 e. The van der Waals surface area contributed by atoms with Crippen LogP contribution in [0, 0.1) is 0 Å². The second-order valence-corrected chi connectivity index (χ2v) is 3.96. The van der Waals surface area contributed by atoms with E-state index in [0.29, 0.717) is 5.02 Å². The zero-order chi connectivity index (χ0) is 16.7. The molecule has 0 amide bonds. The molecule has 1 aliphatic heterocycles. The van der Waals surface area contributed by atoms with E-state index in [2.05, 4.69) is 10.2 Å². The topological polar surface area (TPSA) is 24.5 Å². The summed E-state index contributed by atoms with van der Waals surface area (Å²) in [5, 5.41) is 3.99. The van der Waals surface area contributed by atoms with Gasteiger partial charge in [0.1, 0.15) is 5.75 Å². The first-order chi connectivity index (χ1) is 10.3. The number of benzene rings is 1. The Morgan fingerprint density at radius 2 is 1.52 bits per heavy atom. The van der Waals surface area contributed by atoms with E-state index in [4.69, 9.17) is 16.3 Å². The summed E-state index contributed by atoms with van der Waals surface area (Å²) in [6.07, 6.45) is 0. The molecule has 0 unspecified atom stereocenters. The third-order valence-electron chi connectivity index (χ3n) is 2.62. The highest BCUT2D eigenvalue weighted by atomic mass is 35.5. The summed E-state index contributed by atoms with van der Waals surface area (Å²) in [7, 11) is 1.64. The molecule has 0 saturated carbocycles. The molecule has 124 valence electrons. The van der Waals surface area contributed by atoms with Crippen LogP contribution in [0.25, 0.3) is 0 Å². The van der Waals surface area contributed by atoms with Crippen LogP contribution in [0.3, 0.4) is 0 Å². The first-order valence-electron chi connectivity index (χ1n) is 8.10. The fraction of sp³-hybridized carbons (Fsp3) is 0.647. The Morgan fingerprint density at radius 3 is 2.00 bits per heavy atom. The van der Waals surface area contributed by atoms with E-state index in [0.717, 1.165) is 31.9 Å². The molecule has 0 radical (unpaired) electrons. The maximum absolute atomic E-state index is 5.98. The number of methoxy groups -OCH3 is 1. The molecule has 0 aliphatic carbocycles. The number of piperazine rings is 1. The molecule has 0 atom stereocenters. The molecule has 4 heteroatoms. The highest BCUT2D eigenvalue weighted by Crippen LogP contribution is 2.29. The normalized spacial score (nSPS) is 12.7. The van der Waals surface area contributed by atoms with E-state index in [9.17, 15) is 0 Å². The van der Waals surface area contributed by atoms with Gasteiger partial charge in [-0.05, 0) is 12.1 Å². The molecule has 1 aliphatic rings. The lowest BCUT2D eigenvalue weighted by Crippen LogP contribution is -2.43. The van der Waals surface area contributed by atoms with Crippen LogP contribution in [0.1, 0.15) is 41.5 Å². The van der Waals surface area contributed by atoms with Gasteiger partial charge >= 0.3 is 0 Å². The maximum Gasteiger partial charge on any atom is 0.139 e. The molecule has 0 aromatic heterocycles. The zero-order valence-corrected chi connectivity index (χ0v) is 15.5. The molecule has 1 N–H and O–H groups in total. The van der Waals surface area contributed by atoms with Gasteiger partial charge in [0, 0.05) is 37.9 Å². The Bertz CT molecular complexity index is 340. The van der Waals surface area contributed by atoms with E-state index in [1.807, 2.05) is 59.7 Å². The van der Waals surface area contributed by atoms with E-state index in [1.54, 1.807) is 7.11 Å². The van der Waals surface area contributed by atoms with Crippen molar-refractivity contribution in [3.8, 4) is 5.75 Å². The number of halogens is 1. The van der Waals surface area contributed by atoms with Crippen LogP contribution in [-0.2, 0) is 0 Å². The smallest absolute Gasteiger partial charge is 0.139 e. The molecule has 1 saturated heterocycles. The Morgan fingerprint density at radius 1 is 1.00 bits per heavy atom. The lowest BCUT2D eigenvalue weighted by Gasteiger charge is -2.29. The van der Waals surface area contributed by atoms with Crippen LogP contribution in [0.2, 0.25) is 5.02 Å². The van der Waals surface area contributed by atoms with Crippen molar-refractivity contribution in [2.45, 2.75) is 41.5 Å². The molecule has 0 bridgehead atoms. The van der Waals surface area contributed by atoms with Crippen molar-refractivity contribution in [1.29, 1.82) is 0 Å². The minimum absolute atomic E-state index is 0.663. The molecular formula is C17H33ClN2O. The highest BCUT2D eigenvalue weighted by molar-refractivity contribution is 6.32. The summed E-state index contributed by atoms with van der Waals surface area (Å²) in [4.78, 5) is 2.33. The van der Waals surface area contributed by atoms with Crippen LogP contribution in [0.5, 0.6) is 5.75 Å². The number of nitrogens with zero attached hydrogens (tertiary/aromatic N) is 1. The number of anilines is 1. The van der Waals surface area contributed by atoms with E-state index < -0.39 is 0 Å². The summed E-state index contributed by atoms with van der Waals surface area (Å²) in [5.74, 6) is 0.743. The fourth-order valence-corrected chi connectivity index (χ4v) is 1.96. The first kappa shape index (κ1) is 22.4. The van der Waals surface area contributed by atoms with Crippen LogP contribution in [-0.4, -0.2) is 33.3 Å². The summed E-state index contributed by atoms with van der Waals surface area (Å²) in [6, 6.07) is 5.92. The molecule has 1 heterocycles. The Hall–Kier alpha value is -0.930. The van der Waals surface area contributed by atoms with Gasteiger partial charge in [0.2, 0.25) is 0 Å². The van der Waals surface area contributed by atoms with Gasteiger partial charge in [-0.25, -0.2) is 0 Å². The molecule has 1 aromatic rings.